The van der Waals surface area contributed by atoms with E-state index < -0.39 is 0 Å². The van der Waals surface area contributed by atoms with E-state index in [1.54, 1.807) is 0 Å². The predicted molar refractivity (Wildman–Crippen MR) is 85.6 cm³/mol. The molecule has 1 aliphatic rings. The average molecular weight is 301 g/mol. The molecule has 3 rings (SSSR count). The van der Waals surface area contributed by atoms with Gasteiger partial charge in [0.05, 0.1) is 29.0 Å². The number of aliphatic hydroxyl groups excluding tert-OH is 1. The number of rotatable bonds is 4. The molecule has 22 heavy (non-hydrogen) atoms. The SMILES string of the molecule is Cc1nc2ccccc2nc1CN(C)C1(CO)CCOCC1. The van der Waals surface area contributed by atoms with Crippen molar-refractivity contribution in [2.45, 2.75) is 31.8 Å². The van der Waals surface area contributed by atoms with Crippen molar-refractivity contribution in [3.63, 3.8) is 0 Å². The fraction of sp³-hybridized carbons (Fsp3) is 0.529. The second-order valence-corrected chi connectivity index (χ2v) is 6.10. The lowest BCUT2D eigenvalue weighted by Gasteiger charge is -2.43. The van der Waals surface area contributed by atoms with E-state index in [-0.39, 0.29) is 12.1 Å². The molecule has 1 aromatic carbocycles. The average Bonchev–Trinajstić information content (AvgIpc) is 2.56. The minimum Gasteiger partial charge on any atom is -0.394 e. The van der Waals surface area contributed by atoms with Gasteiger partial charge in [-0.05, 0) is 38.9 Å². The lowest BCUT2D eigenvalue weighted by Crippen LogP contribution is -2.52. The topological polar surface area (TPSA) is 58.5 Å². The Balaban J connectivity index is 1.86. The first-order valence-corrected chi connectivity index (χ1v) is 7.77. The molecule has 1 aliphatic heterocycles. The number of aromatic nitrogens is 2. The van der Waals surface area contributed by atoms with E-state index in [0.29, 0.717) is 19.8 Å². The molecule has 0 saturated carbocycles. The summed E-state index contributed by atoms with van der Waals surface area (Å²) < 4.78 is 5.44. The third-order valence-electron chi connectivity index (χ3n) is 4.76. The lowest BCUT2D eigenvalue weighted by atomic mass is 9.89. The van der Waals surface area contributed by atoms with Gasteiger partial charge in [-0.3, -0.25) is 4.90 Å². The van der Waals surface area contributed by atoms with Crippen LogP contribution in [0.1, 0.15) is 24.2 Å². The van der Waals surface area contributed by atoms with Gasteiger partial charge < -0.3 is 9.84 Å². The molecule has 0 atom stereocenters. The van der Waals surface area contributed by atoms with E-state index in [9.17, 15) is 5.11 Å². The predicted octanol–water partition coefficient (Wildman–Crippen LogP) is 1.91. The number of ether oxygens (including phenoxy) is 1. The Bertz CT molecular complexity index is 653. The summed E-state index contributed by atoms with van der Waals surface area (Å²) in [5.41, 5.74) is 3.56. The van der Waals surface area contributed by atoms with Crippen LogP contribution in [0.15, 0.2) is 24.3 Å². The van der Waals surface area contributed by atoms with Crippen LogP contribution in [0.4, 0.5) is 0 Å². The molecule has 1 fully saturated rings. The van der Waals surface area contributed by atoms with Crippen LogP contribution >= 0.6 is 0 Å². The van der Waals surface area contributed by atoms with Gasteiger partial charge in [0.15, 0.2) is 0 Å². The summed E-state index contributed by atoms with van der Waals surface area (Å²) in [6, 6.07) is 7.93. The molecular formula is C17H23N3O2. The van der Waals surface area contributed by atoms with Gasteiger partial charge in [0, 0.05) is 25.3 Å². The van der Waals surface area contributed by atoms with Crippen molar-refractivity contribution in [3.05, 3.63) is 35.7 Å². The molecule has 0 radical (unpaired) electrons. The Morgan fingerprint density at radius 1 is 1.18 bits per heavy atom. The highest BCUT2D eigenvalue weighted by Crippen LogP contribution is 2.28. The van der Waals surface area contributed by atoms with E-state index >= 15 is 0 Å². The van der Waals surface area contributed by atoms with E-state index in [1.807, 2.05) is 31.2 Å². The second kappa shape index (κ2) is 6.28. The van der Waals surface area contributed by atoms with Gasteiger partial charge in [-0.15, -0.1) is 0 Å². The Morgan fingerprint density at radius 3 is 2.45 bits per heavy atom. The van der Waals surface area contributed by atoms with Gasteiger partial charge in [0.2, 0.25) is 0 Å². The minimum absolute atomic E-state index is 0.146. The molecule has 0 unspecified atom stereocenters. The van der Waals surface area contributed by atoms with Crippen LogP contribution in [0.2, 0.25) is 0 Å². The zero-order chi connectivity index (χ0) is 15.6. The maximum Gasteiger partial charge on any atom is 0.0890 e. The second-order valence-electron chi connectivity index (χ2n) is 6.10. The smallest absolute Gasteiger partial charge is 0.0890 e. The summed E-state index contributed by atoms with van der Waals surface area (Å²) in [6.45, 7) is 4.23. The number of benzene rings is 1. The lowest BCUT2D eigenvalue weighted by molar-refractivity contribution is -0.0498. The summed E-state index contributed by atoms with van der Waals surface area (Å²) in [5.74, 6) is 0. The number of fused-ring (bicyclic) bond motifs is 1. The van der Waals surface area contributed by atoms with E-state index in [0.717, 1.165) is 35.3 Å². The van der Waals surface area contributed by atoms with E-state index in [4.69, 9.17) is 9.72 Å². The van der Waals surface area contributed by atoms with E-state index in [2.05, 4.69) is 16.9 Å². The standard InChI is InChI=1S/C17H23N3O2/c1-13-16(19-15-6-4-3-5-14(15)18-13)11-20(2)17(12-21)7-9-22-10-8-17/h3-6,21H,7-12H2,1-2H3. The molecule has 0 bridgehead atoms. The zero-order valence-electron chi connectivity index (χ0n) is 13.2. The van der Waals surface area contributed by atoms with Crippen LogP contribution in [-0.4, -0.2) is 52.4 Å². The minimum atomic E-state index is -0.210. The molecule has 0 spiro atoms. The molecule has 0 amide bonds. The molecule has 5 heteroatoms. The summed E-state index contributed by atoms with van der Waals surface area (Å²) in [4.78, 5) is 11.6. The largest absolute Gasteiger partial charge is 0.394 e. The summed E-state index contributed by atoms with van der Waals surface area (Å²) in [7, 11) is 2.05. The molecule has 1 saturated heterocycles. The number of aryl methyl sites for hydroxylation is 1. The van der Waals surface area contributed by atoms with Crippen LogP contribution in [0, 0.1) is 6.92 Å². The number of nitrogens with zero attached hydrogens (tertiary/aromatic N) is 3. The Morgan fingerprint density at radius 2 is 1.82 bits per heavy atom. The zero-order valence-corrected chi connectivity index (χ0v) is 13.2. The number of likely N-dealkylation sites (N-methyl/N-ethyl adjacent to an activating group) is 1. The normalized spacial score (nSPS) is 18.0. The summed E-state index contributed by atoms with van der Waals surface area (Å²) >= 11 is 0. The molecule has 2 aromatic rings. The number of aliphatic hydroxyl groups is 1. The van der Waals surface area contributed by atoms with Crippen LogP contribution in [0.5, 0.6) is 0 Å². The molecular weight excluding hydrogens is 278 g/mol. The number of hydrogen-bond donors (Lipinski definition) is 1. The van der Waals surface area contributed by atoms with Crippen LogP contribution < -0.4 is 0 Å². The third kappa shape index (κ3) is 2.84. The monoisotopic (exact) mass is 301 g/mol. The van der Waals surface area contributed by atoms with Gasteiger partial charge in [0.25, 0.3) is 0 Å². The first-order chi connectivity index (χ1) is 10.6. The molecule has 0 aliphatic carbocycles. The summed E-state index contributed by atoms with van der Waals surface area (Å²) in [6.07, 6.45) is 1.69. The molecule has 1 aromatic heterocycles. The Labute approximate surface area is 130 Å². The van der Waals surface area contributed by atoms with Gasteiger partial charge in [-0.1, -0.05) is 12.1 Å². The molecule has 5 nitrogen and oxygen atoms in total. The number of para-hydroxylation sites is 2. The Hall–Kier alpha value is -1.56. The molecule has 2 heterocycles. The van der Waals surface area contributed by atoms with Gasteiger partial charge in [-0.2, -0.15) is 0 Å². The van der Waals surface area contributed by atoms with Crippen molar-refractivity contribution in [1.29, 1.82) is 0 Å². The van der Waals surface area contributed by atoms with Crippen LogP contribution in [0.25, 0.3) is 11.0 Å². The highest BCUT2D eigenvalue weighted by molar-refractivity contribution is 5.74. The van der Waals surface area contributed by atoms with Crippen molar-refractivity contribution in [3.8, 4) is 0 Å². The maximum atomic E-state index is 9.90. The quantitative estimate of drug-likeness (QED) is 0.935. The fourth-order valence-corrected chi connectivity index (χ4v) is 3.08. The maximum absolute atomic E-state index is 9.90. The summed E-state index contributed by atoms with van der Waals surface area (Å²) in [5, 5.41) is 9.90. The highest BCUT2D eigenvalue weighted by Gasteiger charge is 2.36. The van der Waals surface area contributed by atoms with Crippen molar-refractivity contribution in [2.75, 3.05) is 26.9 Å². The first-order valence-electron chi connectivity index (χ1n) is 7.77. The van der Waals surface area contributed by atoms with Gasteiger partial charge in [0.1, 0.15) is 0 Å². The van der Waals surface area contributed by atoms with E-state index in [1.165, 1.54) is 0 Å². The van der Waals surface area contributed by atoms with Crippen LogP contribution in [-0.2, 0) is 11.3 Å². The van der Waals surface area contributed by atoms with Crippen molar-refractivity contribution < 1.29 is 9.84 Å². The van der Waals surface area contributed by atoms with Gasteiger partial charge in [-0.25, -0.2) is 9.97 Å². The molecule has 118 valence electrons. The first kappa shape index (κ1) is 15.3. The van der Waals surface area contributed by atoms with Gasteiger partial charge >= 0.3 is 0 Å². The van der Waals surface area contributed by atoms with Crippen LogP contribution in [0.3, 0.4) is 0 Å². The van der Waals surface area contributed by atoms with Crippen molar-refractivity contribution in [1.82, 2.24) is 14.9 Å². The number of hydrogen-bond acceptors (Lipinski definition) is 5. The Kier molecular flexibility index (Phi) is 4.38. The fourth-order valence-electron chi connectivity index (χ4n) is 3.08. The third-order valence-corrected chi connectivity index (χ3v) is 4.76. The molecule has 1 N–H and O–H groups in total. The highest BCUT2D eigenvalue weighted by atomic mass is 16.5. The van der Waals surface area contributed by atoms with Crippen molar-refractivity contribution >= 4 is 11.0 Å². The van der Waals surface area contributed by atoms with Crippen molar-refractivity contribution in [2.24, 2.45) is 0 Å².